The van der Waals surface area contributed by atoms with E-state index < -0.39 is 16.1 Å². The van der Waals surface area contributed by atoms with Gasteiger partial charge in [-0.15, -0.1) is 0 Å². The van der Waals surface area contributed by atoms with E-state index in [0.29, 0.717) is 0 Å². The van der Waals surface area contributed by atoms with Crippen molar-refractivity contribution >= 4 is 16.1 Å². The van der Waals surface area contributed by atoms with Crippen molar-refractivity contribution in [2.24, 2.45) is 0 Å². The van der Waals surface area contributed by atoms with Crippen molar-refractivity contribution in [2.75, 3.05) is 0 Å². The van der Waals surface area contributed by atoms with Crippen LogP contribution in [0.2, 0.25) is 49.2 Å². The van der Waals surface area contributed by atoms with E-state index in [-0.39, 0.29) is 0 Å². The summed E-state index contributed by atoms with van der Waals surface area (Å²) in [5.41, 5.74) is 0. The fourth-order valence-corrected chi connectivity index (χ4v) is 8.77. The Bertz CT molecular complexity index is 96.2. The molecule has 0 N–H and O–H groups in total. The van der Waals surface area contributed by atoms with Gasteiger partial charge in [-0.25, -0.2) is 0 Å². The van der Waals surface area contributed by atoms with E-state index in [2.05, 4.69) is 39.3 Å². The van der Waals surface area contributed by atoms with Gasteiger partial charge in [0.1, 0.15) is 0 Å². The van der Waals surface area contributed by atoms with Gasteiger partial charge in [-0.2, -0.15) is 0 Å². The normalized spacial score (nSPS) is 13.6. The van der Waals surface area contributed by atoms with E-state index in [4.69, 9.17) is 0 Å². The van der Waals surface area contributed by atoms with Gasteiger partial charge in [0.15, 0.2) is 0 Å². The molecule has 0 aliphatic rings. The van der Waals surface area contributed by atoms with Crippen molar-refractivity contribution in [2.45, 2.75) is 49.2 Å². The van der Waals surface area contributed by atoms with Gasteiger partial charge in [0.2, 0.25) is 0 Å². The van der Waals surface area contributed by atoms with Crippen molar-refractivity contribution in [1.82, 2.24) is 0 Å². The van der Waals surface area contributed by atoms with Crippen molar-refractivity contribution < 1.29 is 15.0 Å². The van der Waals surface area contributed by atoms with Crippen LogP contribution in [0.15, 0.2) is 0 Å². The van der Waals surface area contributed by atoms with E-state index in [9.17, 15) is 0 Å². The molecular formula is C8H22MnSi2. The number of hydrogen-bond donors (Lipinski definition) is 0. The molecule has 0 aromatic heterocycles. The molecular weight excluding hydrogens is 207 g/mol. The monoisotopic (exact) mass is 229 g/mol. The topological polar surface area (TPSA) is 0 Å². The zero-order chi connectivity index (χ0) is 9.12. The molecule has 0 aliphatic heterocycles. The van der Waals surface area contributed by atoms with Gasteiger partial charge in [-0.05, 0) is 0 Å². The summed E-state index contributed by atoms with van der Waals surface area (Å²) in [6.07, 6.45) is 0. The molecule has 3 heteroatoms. The van der Waals surface area contributed by atoms with Gasteiger partial charge in [0, 0.05) is 0 Å². The molecule has 0 aliphatic carbocycles. The van der Waals surface area contributed by atoms with Crippen molar-refractivity contribution in [3.63, 3.8) is 0 Å². The predicted molar refractivity (Wildman–Crippen MR) is 56.3 cm³/mol. The van der Waals surface area contributed by atoms with Crippen LogP contribution in [-0.2, 0) is 15.0 Å². The Kier molecular flexibility index (Phi) is 4.63. The summed E-state index contributed by atoms with van der Waals surface area (Å²) < 4.78 is 0. The zero-order valence-corrected chi connectivity index (χ0v) is 12.0. The molecule has 69 valence electrons. The minimum atomic E-state index is -0.721. The third-order valence-electron chi connectivity index (χ3n) is 0.991. The van der Waals surface area contributed by atoms with Crippen LogP contribution in [0.1, 0.15) is 0 Å². The second-order valence-electron chi connectivity index (χ2n) is 5.58. The first-order chi connectivity index (χ1) is 4.71. The Hall–Kier alpha value is 0.953. The minimum absolute atomic E-state index is 0.721. The Morgan fingerprint density at radius 3 is 1.18 bits per heavy atom. The average Bonchev–Trinajstić information content (AvgIpc) is 1.55. The van der Waals surface area contributed by atoms with Crippen LogP contribution >= 0.6 is 0 Å². The van der Waals surface area contributed by atoms with Crippen LogP contribution < -0.4 is 0 Å². The molecule has 0 saturated heterocycles. The molecule has 0 spiro atoms. The van der Waals surface area contributed by atoms with Gasteiger partial charge in [-0.1, -0.05) is 0 Å². The summed E-state index contributed by atoms with van der Waals surface area (Å²) in [5.74, 6) is 0. The molecule has 0 aromatic rings. The van der Waals surface area contributed by atoms with E-state index in [1.165, 1.54) is 15.0 Å². The Labute approximate surface area is 80.3 Å². The van der Waals surface area contributed by atoms with Crippen LogP contribution in [-0.4, -0.2) is 16.1 Å². The summed E-state index contributed by atoms with van der Waals surface area (Å²) in [7, 11) is -1.44. The van der Waals surface area contributed by atoms with Crippen LogP contribution in [0.25, 0.3) is 0 Å². The van der Waals surface area contributed by atoms with Crippen molar-refractivity contribution in [3.8, 4) is 0 Å². The van der Waals surface area contributed by atoms with E-state index in [0.717, 1.165) is 0 Å². The van der Waals surface area contributed by atoms with Gasteiger partial charge in [0.05, 0.1) is 0 Å². The summed E-state index contributed by atoms with van der Waals surface area (Å²) >= 11 is 1.23. The van der Waals surface area contributed by atoms with E-state index in [1.807, 2.05) is 0 Å². The van der Waals surface area contributed by atoms with Gasteiger partial charge >= 0.3 is 80.3 Å². The standard InChI is InChI=1S/2C4H11Si.Mn/c2*1-5(2,3)4;/h2*1H2,2-4H3;. The number of hydrogen-bond acceptors (Lipinski definition) is 0. The molecule has 0 bridgehead atoms. The molecule has 0 saturated carbocycles. The Balaban J connectivity index is 3.44. The van der Waals surface area contributed by atoms with Crippen molar-refractivity contribution in [3.05, 3.63) is 0 Å². The van der Waals surface area contributed by atoms with Gasteiger partial charge < -0.3 is 0 Å². The Morgan fingerprint density at radius 1 is 0.727 bits per heavy atom. The molecule has 0 rings (SSSR count). The molecule has 0 atom stereocenters. The van der Waals surface area contributed by atoms with E-state index in [1.54, 1.807) is 9.89 Å². The summed E-state index contributed by atoms with van der Waals surface area (Å²) in [4.78, 5) is 3.11. The second-order valence-corrected chi connectivity index (χ2v) is 19.4. The number of rotatable bonds is 4. The van der Waals surface area contributed by atoms with Crippen LogP contribution in [0.4, 0.5) is 0 Å². The predicted octanol–water partition coefficient (Wildman–Crippen LogP) is 3.66. The fourth-order valence-electron chi connectivity index (χ4n) is 0.614. The Morgan fingerprint density at radius 2 is 1.00 bits per heavy atom. The summed E-state index contributed by atoms with van der Waals surface area (Å²) in [5, 5.41) is 0. The SMILES string of the molecule is C[Si](C)(C)[CH2][Mn][CH2][Si](C)(C)C. The second kappa shape index (κ2) is 4.26. The molecule has 0 amide bonds. The third kappa shape index (κ3) is 11.0. The summed E-state index contributed by atoms with van der Waals surface area (Å²) in [6.45, 7) is 14.9. The molecule has 0 aromatic carbocycles. The molecule has 0 nitrogen and oxygen atoms in total. The molecule has 0 radical (unpaired) electrons. The van der Waals surface area contributed by atoms with Crippen LogP contribution in [0, 0.1) is 0 Å². The van der Waals surface area contributed by atoms with Gasteiger partial charge in [-0.3, -0.25) is 0 Å². The zero-order valence-electron chi connectivity index (χ0n) is 8.79. The summed E-state index contributed by atoms with van der Waals surface area (Å²) in [6, 6.07) is 0. The first kappa shape index (κ1) is 12.0. The average molecular weight is 229 g/mol. The first-order valence-corrected chi connectivity index (χ1v) is 13.3. The van der Waals surface area contributed by atoms with Crippen molar-refractivity contribution in [1.29, 1.82) is 0 Å². The molecule has 0 unspecified atom stereocenters. The fraction of sp³-hybridized carbons (Fsp3) is 1.00. The first-order valence-electron chi connectivity index (χ1n) is 4.24. The van der Waals surface area contributed by atoms with E-state index >= 15 is 0 Å². The maximum atomic E-state index is 2.48. The quantitative estimate of drug-likeness (QED) is 0.645. The molecule has 0 fully saturated rings. The maximum absolute atomic E-state index is 2.48. The molecule has 11 heavy (non-hydrogen) atoms. The van der Waals surface area contributed by atoms with Gasteiger partial charge in [0.25, 0.3) is 0 Å². The molecule has 0 heterocycles. The van der Waals surface area contributed by atoms with Crippen LogP contribution in [0.3, 0.4) is 0 Å². The van der Waals surface area contributed by atoms with Crippen LogP contribution in [0.5, 0.6) is 0 Å². The third-order valence-corrected chi connectivity index (χ3v) is 12.3.